The molecule has 7 heteroatoms. The topological polar surface area (TPSA) is 48.7 Å². The van der Waals surface area contributed by atoms with Crippen molar-refractivity contribution in [1.29, 1.82) is 0 Å². The highest BCUT2D eigenvalue weighted by atomic mass is 35.5. The predicted octanol–water partition coefficient (Wildman–Crippen LogP) is 2.24. The third kappa shape index (κ3) is 4.45. The van der Waals surface area contributed by atoms with Crippen LogP contribution >= 0.6 is 11.6 Å². The van der Waals surface area contributed by atoms with Crippen LogP contribution in [-0.2, 0) is 6.54 Å². The molecule has 2 aromatic rings. The molecule has 1 aliphatic heterocycles. The van der Waals surface area contributed by atoms with Crippen LogP contribution in [0.4, 0.5) is 5.69 Å². The number of aryl methyl sites for hydroxylation is 1. The minimum absolute atomic E-state index is 0.804. The number of hydrogen-bond acceptors (Lipinski definition) is 3. The zero-order valence-electron chi connectivity index (χ0n) is 14.8. The van der Waals surface area contributed by atoms with Gasteiger partial charge in [-0.3, -0.25) is 9.67 Å². The number of nitrogens with one attached hydrogen (secondary N) is 1. The van der Waals surface area contributed by atoms with Crippen molar-refractivity contribution in [3.05, 3.63) is 47.2 Å². The van der Waals surface area contributed by atoms with Crippen LogP contribution in [0.2, 0.25) is 5.02 Å². The van der Waals surface area contributed by atoms with Crippen LogP contribution in [0.3, 0.4) is 0 Å². The van der Waals surface area contributed by atoms with E-state index in [1.54, 1.807) is 0 Å². The van der Waals surface area contributed by atoms with Gasteiger partial charge in [0.25, 0.3) is 0 Å². The number of aromatic nitrogens is 2. The van der Waals surface area contributed by atoms with E-state index >= 15 is 0 Å². The normalized spacial score (nSPS) is 15.6. The molecule has 0 radical (unpaired) electrons. The fourth-order valence-electron chi connectivity index (χ4n) is 3.07. The van der Waals surface area contributed by atoms with Gasteiger partial charge in [-0.25, -0.2) is 0 Å². The zero-order valence-corrected chi connectivity index (χ0v) is 15.6. The van der Waals surface area contributed by atoms with Gasteiger partial charge >= 0.3 is 0 Å². The Hall–Kier alpha value is -2.21. The predicted molar refractivity (Wildman–Crippen MR) is 104 cm³/mol. The van der Waals surface area contributed by atoms with E-state index < -0.39 is 0 Å². The molecule has 2 heterocycles. The summed E-state index contributed by atoms with van der Waals surface area (Å²) >= 11 is 6.31. The molecule has 1 saturated heterocycles. The number of aliphatic imine (C=N–C) groups is 1. The minimum Gasteiger partial charge on any atom is -0.367 e. The molecule has 1 aliphatic rings. The maximum absolute atomic E-state index is 6.31. The number of para-hydroxylation sites is 1. The summed E-state index contributed by atoms with van der Waals surface area (Å²) < 4.78 is 1.95. The van der Waals surface area contributed by atoms with Crippen LogP contribution in [0.25, 0.3) is 0 Å². The van der Waals surface area contributed by atoms with Gasteiger partial charge in [-0.1, -0.05) is 23.7 Å². The number of guanidine groups is 1. The molecule has 6 nitrogen and oxygen atoms in total. The molecular formula is C18H25ClN6. The lowest BCUT2D eigenvalue weighted by Crippen LogP contribution is -2.53. The number of halogens is 1. The third-order valence-electron chi connectivity index (χ3n) is 4.37. The molecule has 0 amide bonds. The molecule has 25 heavy (non-hydrogen) atoms. The van der Waals surface area contributed by atoms with E-state index in [0.717, 1.165) is 55.9 Å². The number of rotatable bonds is 4. The van der Waals surface area contributed by atoms with Gasteiger partial charge in [-0.05, 0) is 24.6 Å². The smallest absolute Gasteiger partial charge is 0.193 e. The maximum Gasteiger partial charge on any atom is 0.193 e. The Morgan fingerprint density at radius 1 is 1.24 bits per heavy atom. The van der Waals surface area contributed by atoms with Gasteiger partial charge in [0.2, 0.25) is 0 Å². The fraction of sp³-hybridized carbons (Fsp3) is 0.444. The van der Waals surface area contributed by atoms with Crippen LogP contribution in [0, 0.1) is 6.92 Å². The van der Waals surface area contributed by atoms with Gasteiger partial charge in [0.05, 0.1) is 23.5 Å². The standard InChI is InChI=1S/C18H25ClN6/c1-15-13-22-25(14-15)8-7-21-18(20-2)24-11-9-23(10-12-24)17-6-4-3-5-16(17)19/h3-6,13-14H,7-12H2,1-2H3,(H,20,21). The quantitative estimate of drug-likeness (QED) is 0.671. The molecule has 1 fully saturated rings. The number of piperazine rings is 1. The maximum atomic E-state index is 6.31. The molecule has 0 atom stereocenters. The van der Waals surface area contributed by atoms with Gasteiger partial charge < -0.3 is 15.1 Å². The van der Waals surface area contributed by atoms with Crippen molar-refractivity contribution in [2.75, 3.05) is 44.7 Å². The van der Waals surface area contributed by atoms with Crippen molar-refractivity contribution >= 4 is 23.2 Å². The molecule has 1 N–H and O–H groups in total. The highest BCUT2D eigenvalue weighted by Crippen LogP contribution is 2.25. The summed E-state index contributed by atoms with van der Waals surface area (Å²) in [5.74, 6) is 0.947. The summed E-state index contributed by atoms with van der Waals surface area (Å²) in [6.07, 6.45) is 3.93. The summed E-state index contributed by atoms with van der Waals surface area (Å²) in [7, 11) is 1.83. The van der Waals surface area contributed by atoms with Gasteiger partial charge in [0, 0.05) is 46.0 Å². The van der Waals surface area contributed by atoms with E-state index in [1.165, 1.54) is 5.56 Å². The molecule has 0 spiro atoms. The van der Waals surface area contributed by atoms with Crippen molar-refractivity contribution < 1.29 is 0 Å². The Balaban J connectivity index is 1.49. The molecule has 1 aromatic heterocycles. The SMILES string of the molecule is CN=C(NCCn1cc(C)cn1)N1CCN(c2ccccc2Cl)CC1. The number of nitrogens with zero attached hydrogens (tertiary/aromatic N) is 5. The number of hydrogen-bond donors (Lipinski definition) is 1. The van der Waals surface area contributed by atoms with E-state index in [9.17, 15) is 0 Å². The van der Waals surface area contributed by atoms with Crippen molar-refractivity contribution in [2.45, 2.75) is 13.5 Å². The fourth-order valence-corrected chi connectivity index (χ4v) is 3.33. The molecule has 134 valence electrons. The van der Waals surface area contributed by atoms with E-state index in [4.69, 9.17) is 11.6 Å². The summed E-state index contributed by atoms with van der Waals surface area (Å²) in [4.78, 5) is 9.05. The molecule has 0 saturated carbocycles. The lowest BCUT2D eigenvalue weighted by molar-refractivity contribution is 0.371. The first-order valence-corrected chi connectivity index (χ1v) is 8.99. The molecular weight excluding hydrogens is 336 g/mol. The molecule has 3 rings (SSSR count). The second-order valence-electron chi connectivity index (χ2n) is 6.18. The van der Waals surface area contributed by atoms with Crippen molar-refractivity contribution in [3.8, 4) is 0 Å². The van der Waals surface area contributed by atoms with Crippen molar-refractivity contribution in [3.63, 3.8) is 0 Å². The Morgan fingerprint density at radius 3 is 2.64 bits per heavy atom. The Kier molecular flexibility index (Phi) is 5.81. The minimum atomic E-state index is 0.804. The highest BCUT2D eigenvalue weighted by molar-refractivity contribution is 6.33. The monoisotopic (exact) mass is 360 g/mol. The number of anilines is 1. The van der Waals surface area contributed by atoms with Gasteiger partial charge in [-0.2, -0.15) is 5.10 Å². The lowest BCUT2D eigenvalue weighted by atomic mass is 10.2. The Labute approximate surface area is 154 Å². The van der Waals surface area contributed by atoms with Gasteiger partial charge in [-0.15, -0.1) is 0 Å². The van der Waals surface area contributed by atoms with E-state index in [1.807, 2.05) is 49.2 Å². The average molecular weight is 361 g/mol. The molecule has 0 bridgehead atoms. The largest absolute Gasteiger partial charge is 0.367 e. The summed E-state index contributed by atoms with van der Waals surface area (Å²) in [5, 5.41) is 8.55. The van der Waals surface area contributed by atoms with Gasteiger partial charge in [0.15, 0.2) is 5.96 Å². The van der Waals surface area contributed by atoms with Crippen LogP contribution in [0.1, 0.15) is 5.56 Å². The summed E-state index contributed by atoms with van der Waals surface area (Å²) in [5.41, 5.74) is 2.29. The van der Waals surface area contributed by atoms with E-state index in [-0.39, 0.29) is 0 Å². The van der Waals surface area contributed by atoms with Crippen LogP contribution < -0.4 is 10.2 Å². The van der Waals surface area contributed by atoms with Crippen molar-refractivity contribution in [1.82, 2.24) is 20.0 Å². The number of benzene rings is 1. The van der Waals surface area contributed by atoms with Crippen molar-refractivity contribution in [2.24, 2.45) is 4.99 Å². The van der Waals surface area contributed by atoms with Crippen LogP contribution in [-0.4, -0.2) is 60.4 Å². The van der Waals surface area contributed by atoms with Crippen LogP contribution in [0.15, 0.2) is 41.7 Å². The second kappa shape index (κ2) is 8.25. The Morgan fingerprint density at radius 2 is 2.00 bits per heavy atom. The third-order valence-corrected chi connectivity index (χ3v) is 4.69. The highest BCUT2D eigenvalue weighted by Gasteiger charge is 2.20. The van der Waals surface area contributed by atoms with E-state index in [0.29, 0.717) is 0 Å². The summed E-state index contributed by atoms with van der Waals surface area (Å²) in [6, 6.07) is 8.03. The first-order chi connectivity index (χ1) is 12.2. The average Bonchev–Trinajstić information content (AvgIpc) is 3.05. The lowest BCUT2D eigenvalue weighted by Gasteiger charge is -2.38. The van der Waals surface area contributed by atoms with E-state index in [2.05, 4.69) is 31.3 Å². The molecule has 0 aliphatic carbocycles. The Bertz CT molecular complexity index is 718. The van der Waals surface area contributed by atoms with Gasteiger partial charge in [0.1, 0.15) is 0 Å². The second-order valence-corrected chi connectivity index (χ2v) is 6.59. The van der Waals surface area contributed by atoms with Crippen LogP contribution in [0.5, 0.6) is 0 Å². The molecule has 0 unspecified atom stereocenters. The summed E-state index contributed by atoms with van der Waals surface area (Å²) in [6.45, 7) is 7.39. The first kappa shape index (κ1) is 17.6. The molecule has 1 aromatic carbocycles. The first-order valence-electron chi connectivity index (χ1n) is 8.61. The zero-order chi connectivity index (χ0) is 17.6.